The molecule has 0 bridgehead atoms. The third-order valence-electron chi connectivity index (χ3n) is 7.93. The van der Waals surface area contributed by atoms with Gasteiger partial charge in [-0.3, -0.25) is 19.3 Å². The standard InChI is InChI=1S/C28H33N5O6/c34-23-6-2-1-4-19(23)12-31-14-22-24(15-31)38-17-25(35)33-11-10-32(28(37)18-7-8-18)13-20(33)16-39-27-21(26(36)30-22)5-3-9-29-27/h1-6,9,18,20,22,24,34H,7-8,10-17H2,(H,30,36)/t20-,22+,24-/m0/s1. The van der Waals surface area contributed by atoms with E-state index in [-0.39, 0.29) is 60.6 Å². The molecule has 4 heterocycles. The minimum atomic E-state index is -0.429. The third-order valence-corrected chi connectivity index (χ3v) is 7.93. The number of carbonyl (C=O) groups is 3. The van der Waals surface area contributed by atoms with Gasteiger partial charge in [-0.15, -0.1) is 0 Å². The summed E-state index contributed by atoms with van der Waals surface area (Å²) in [6.45, 7) is 2.67. The summed E-state index contributed by atoms with van der Waals surface area (Å²) in [6, 6.07) is 9.73. The van der Waals surface area contributed by atoms with Crippen molar-refractivity contribution in [2.75, 3.05) is 45.9 Å². The zero-order chi connectivity index (χ0) is 26.9. The molecule has 0 spiro atoms. The number of amides is 3. The summed E-state index contributed by atoms with van der Waals surface area (Å²) in [7, 11) is 0. The van der Waals surface area contributed by atoms with Crippen molar-refractivity contribution in [1.29, 1.82) is 0 Å². The lowest BCUT2D eigenvalue weighted by molar-refractivity contribution is -0.149. The van der Waals surface area contributed by atoms with E-state index in [0.717, 1.165) is 18.4 Å². The molecule has 11 nitrogen and oxygen atoms in total. The highest BCUT2D eigenvalue weighted by Crippen LogP contribution is 2.32. The van der Waals surface area contributed by atoms with E-state index in [1.54, 1.807) is 35.4 Å². The molecule has 2 N–H and O–H groups in total. The summed E-state index contributed by atoms with van der Waals surface area (Å²) in [5, 5.41) is 13.3. The Bertz CT molecular complexity index is 1250. The SMILES string of the molecule is O=C1N[C@@H]2CN(Cc3ccccc3O)C[C@@H]2OCC(=O)N2CCN(C(=O)C3CC3)C[C@H]2COc2ncccc21. The van der Waals surface area contributed by atoms with Gasteiger partial charge in [0.1, 0.15) is 24.5 Å². The Morgan fingerprint density at radius 1 is 1.08 bits per heavy atom. The highest BCUT2D eigenvalue weighted by Gasteiger charge is 2.40. The van der Waals surface area contributed by atoms with Gasteiger partial charge < -0.3 is 29.7 Å². The van der Waals surface area contributed by atoms with Crippen molar-refractivity contribution < 1.29 is 29.0 Å². The van der Waals surface area contributed by atoms with Crippen LogP contribution in [0.4, 0.5) is 0 Å². The molecule has 1 aliphatic carbocycles. The number of fused-ring (bicyclic) bond motifs is 3. The molecule has 1 saturated carbocycles. The number of nitrogens with one attached hydrogen (secondary N) is 1. The molecule has 3 amide bonds. The molecule has 1 aromatic heterocycles. The number of carbonyl (C=O) groups excluding carboxylic acids is 3. The molecule has 39 heavy (non-hydrogen) atoms. The smallest absolute Gasteiger partial charge is 0.257 e. The minimum absolute atomic E-state index is 0.0948. The quantitative estimate of drug-likeness (QED) is 0.587. The molecule has 4 aliphatic rings. The van der Waals surface area contributed by atoms with Gasteiger partial charge in [0.25, 0.3) is 5.91 Å². The predicted molar refractivity (Wildman–Crippen MR) is 139 cm³/mol. The van der Waals surface area contributed by atoms with Crippen molar-refractivity contribution in [2.45, 2.75) is 37.6 Å². The fourth-order valence-corrected chi connectivity index (χ4v) is 5.65. The van der Waals surface area contributed by atoms with Crippen LogP contribution >= 0.6 is 0 Å². The molecule has 6 rings (SSSR count). The normalized spacial score (nSPS) is 26.2. The first-order valence-corrected chi connectivity index (χ1v) is 13.5. The summed E-state index contributed by atoms with van der Waals surface area (Å²) >= 11 is 0. The Labute approximate surface area is 226 Å². The first-order valence-electron chi connectivity index (χ1n) is 13.5. The van der Waals surface area contributed by atoms with Crippen molar-refractivity contribution in [2.24, 2.45) is 5.92 Å². The molecule has 2 saturated heterocycles. The van der Waals surface area contributed by atoms with Gasteiger partial charge >= 0.3 is 0 Å². The van der Waals surface area contributed by atoms with E-state index in [1.165, 1.54) is 0 Å². The Morgan fingerprint density at radius 2 is 1.92 bits per heavy atom. The lowest BCUT2D eigenvalue weighted by atomic mass is 10.1. The summed E-state index contributed by atoms with van der Waals surface area (Å²) in [4.78, 5) is 49.5. The predicted octanol–water partition coefficient (Wildman–Crippen LogP) is 0.628. The molecule has 3 atom stereocenters. The van der Waals surface area contributed by atoms with E-state index in [2.05, 4.69) is 15.2 Å². The van der Waals surface area contributed by atoms with Gasteiger partial charge in [0, 0.05) is 56.9 Å². The van der Waals surface area contributed by atoms with E-state index < -0.39 is 6.10 Å². The number of pyridine rings is 1. The first-order chi connectivity index (χ1) is 19.0. The van der Waals surface area contributed by atoms with Crippen LogP contribution in [0.1, 0.15) is 28.8 Å². The van der Waals surface area contributed by atoms with Crippen molar-refractivity contribution in [3.05, 3.63) is 53.7 Å². The Morgan fingerprint density at radius 3 is 2.74 bits per heavy atom. The molecule has 1 aromatic carbocycles. The molecule has 11 heteroatoms. The summed E-state index contributed by atoms with van der Waals surface area (Å²) < 4.78 is 12.2. The molecular weight excluding hydrogens is 502 g/mol. The molecular formula is C28H33N5O6. The van der Waals surface area contributed by atoms with E-state index in [9.17, 15) is 19.5 Å². The fraction of sp³-hybridized carbons (Fsp3) is 0.500. The number of benzene rings is 1. The number of phenols is 1. The van der Waals surface area contributed by atoms with Gasteiger partial charge in [0.15, 0.2) is 0 Å². The number of piperazine rings is 1. The van der Waals surface area contributed by atoms with Gasteiger partial charge in [0.05, 0.1) is 18.2 Å². The third kappa shape index (κ3) is 5.55. The van der Waals surface area contributed by atoms with Gasteiger partial charge in [-0.1, -0.05) is 18.2 Å². The second kappa shape index (κ2) is 10.8. The second-order valence-corrected chi connectivity index (χ2v) is 10.7. The molecule has 3 fully saturated rings. The van der Waals surface area contributed by atoms with Crippen molar-refractivity contribution >= 4 is 17.7 Å². The maximum Gasteiger partial charge on any atom is 0.257 e. The van der Waals surface area contributed by atoms with Crippen LogP contribution in [0.5, 0.6) is 11.6 Å². The molecule has 0 unspecified atom stereocenters. The maximum atomic E-state index is 13.4. The van der Waals surface area contributed by atoms with Crippen molar-refractivity contribution in [3.63, 3.8) is 0 Å². The molecule has 0 radical (unpaired) electrons. The molecule has 2 aromatic rings. The van der Waals surface area contributed by atoms with E-state index in [4.69, 9.17) is 9.47 Å². The van der Waals surface area contributed by atoms with Gasteiger partial charge in [-0.05, 0) is 31.0 Å². The number of nitrogens with zero attached hydrogens (tertiary/aromatic N) is 4. The number of para-hydroxylation sites is 1. The van der Waals surface area contributed by atoms with Gasteiger partial charge in [-0.2, -0.15) is 0 Å². The summed E-state index contributed by atoms with van der Waals surface area (Å²) in [5.74, 6) is 0.121. The van der Waals surface area contributed by atoms with Crippen LogP contribution in [0.15, 0.2) is 42.6 Å². The fourth-order valence-electron chi connectivity index (χ4n) is 5.65. The van der Waals surface area contributed by atoms with Gasteiger partial charge in [-0.25, -0.2) is 4.98 Å². The Balaban J connectivity index is 1.24. The average Bonchev–Trinajstić information content (AvgIpc) is 3.73. The number of hydrogen-bond donors (Lipinski definition) is 2. The number of ether oxygens (including phenoxy) is 2. The van der Waals surface area contributed by atoms with Crippen molar-refractivity contribution in [1.82, 2.24) is 25.0 Å². The van der Waals surface area contributed by atoms with Crippen LogP contribution in [-0.4, -0.2) is 107 Å². The van der Waals surface area contributed by atoms with Gasteiger partial charge in [0.2, 0.25) is 17.7 Å². The number of aromatic nitrogens is 1. The second-order valence-electron chi connectivity index (χ2n) is 10.7. The number of hydrogen-bond acceptors (Lipinski definition) is 8. The average molecular weight is 536 g/mol. The monoisotopic (exact) mass is 535 g/mol. The van der Waals surface area contributed by atoms with Crippen LogP contribution in [0.3, 0.4) is 0 Å². The van der Waals surface area contributed by atoms with Crippen LogP contribution < -0.4 is 10.1 Å². The summed E-state index contributed by atoms with van der Waals surface area (Å²) in [6.07, 6.45) is 2.97. The maximum absolute atomic E-state index is 13.4. The topological polar surface area (TPSA) is 125 Å². The van der Waals surface area contributed by atoms with Crippen LogP contribution in [-0.2, 0) is 20.9 Å². The molecule has 3 aliphatic heterocycles. The zero-order valence-corrected chi connectivity index (χ0v) is 21.7. The Hall–Kier alpha value is -3.70. The van der Waals surface area contributed by atoms with Crippen molar-refractivity contribution in [3.8, 4) is 11.6 Å². The summed E-state index contributed by atoms with van der Waals surface area (Å²) in [5.41, 5.74) is 1.08. The zero-order valence-electron chi connectivity index (χ0n) is 21.7. The van der Waals surface area contributed by atoms with E-state index in [0.29, 0.717) is 44.8 Å². The largest absolute Gasteiger partial charge is 0.508 e. The highest BCUT2D eigenvalue weighted by atomic mass is 16.5. The molecule has 206 valence electrons. The van der Waals surface area contributed by atoms with E-state index in [1.807, 2.05) is 17.0 Å². The number of likely N-dealkylation sites (tertiary alicyclic amines) is 1. The Kier molecular flexibility index (Phi) is 7.09. The number of rotatable bonds is 3. The highest BCUT2D eigenvalue weighted by molar-refractivity contribution is 5.96. The van der Waals surface area contributed by atoms with E-state index >= 15 is 0 Å². The van der Waals surface area contributed by atoms with Crippen LogP contribution in [0.2, 0.25) is 0 Å². The van der Waals surface area contributed by atoms with Crippen LogP contribution in [0.25, 0.3) is 0 Å². The number of phenolic OH excluding ortho intramolecular Hbond substituents is 1. The minimum Gasteiger partial charge on any atom is -0.508 e. The van der Waals surface area contributed by atoms with Crippen LogP contribution in [0, 0.1) is 5.92 Å². The lowest BCUT2D eigenvalue weighted by Gasteiger charge is -2.41. The lowest BCUT2D eigenvalue weighted by Crippen LogP contribution is -2.59. The first kappa shape index (κ1) is 25.6. The number of aromatic hydroxyl groups is 1.